The zero-order valence-corrected chi connectivity index (χ0v) is 25.3. The van der Waals surface area contributed by atoms with Crippen molar-refractivity contribution >= 4 is 40.6 Å². The molecule has 6 nitrogen and oxygen atoms in total. The van der Waals surface area contributed by atoms with Gasteiger partial charge in [0.15, 0.2) is 0 Å². The van der Waals surface area contributed by atoms with E-state index in [0.29, 0.717) is 48.3 Å². The lowest BCUT2D eigenvalue weighted by molar-refractivity contribution is -0.138. The van der Waals surface area contributed by atoms with Crippen LogP contribution in [-0.2, 0) is 19.3 Å². The Balaban J connectivity index is 1.17. The summed E-state index contributed by atoms with van der Waals surface area (Å²) < 4.78 is 41.2. The molecule has 3 aromatic carbocycles. The lowest BCUT2D eigenvalue weighted by Crippen LogP contribution is -2.48. The summed E-state index contributed by atoms with van der Waals surface area (Å²) in [6, 6.07) is 20.8. The molecule has 0 spiro atoms. The number of hydrogen-bond donors (Lipinski definition) is 1. The van der Waals surface area contributed by atoms with Crippen LogP contribution in [0.3, 0.4) is 0 Å². The minimum absolute atomic E-state index is 0.0255. The Morgan fingerprint density at radius 1 is 0.841 bits per heavy atom. The third kappa shape index (κ3) is 6.80. The van der Waals surface area contributed by atoms with Crippen LogP contribution >= 0.6 is 23.2 Å². The van der Waals surface area contributed by atoms with E-state index < -0.39 is 11.7 Å². The predicted molar refractivity (Wildman–Crippen MR) is 168 cm³/mol. The topological polar surface area (TPSA) is 51.7 Å². The number of nitrogens with zero attached hydrogens (tertiary/aromatic N) is 4. The number of fused-ring (bicyclic) bond motifs is 1. The molecule has 0 aliphatic carbocycles. The van der Waals surface area contributed by atoms with Crippen LogP contribution in [0.15, 0.2) is 79.0 Å². The molecule has 44 heavy (non-hydrogen) atoms. The quantitative estimate of drug-likeness (QED) is 0.237. The molecule has 1 fully saturated rings. The van der Waals surface area contributed by atoms with Gasteiger partial charge in [0.05, 0.1) is 11.3 Å². The maximum absolute atomic E-state index is 13.7. The average Bonchev–Trinajstić information content (AvgIpc) is 3.02. The fourth-order valence-electron chi connectivity index (χ4n) is 5.73. The van der Waals surface area contributed by atoms with Crippen molar-refractivity contribution in [3.8, 4) is 11.1 Å². The van der Waals surface area contributed by atoms with Gasteiger partial charge in [0.2, 0.25) is 0 Å². The number of carbonyl (C=O) groups is 1. The Bertz CT molecular complexity index is 1660. The molecule has 1 amide bonds. The van der Waals surface area contributed by atoms with Gasteiger partial charge >= 0.3 is 6.18 Å². The van der Waals surface area contributed by atoms with E-state index in [-0.39, 0.29) is 23.0 Å². The molecule has 0 radical (unpaired) electrons. The number of anilines is 2. The zero-order chi connectivity index (χ0) is 30.8. The number of nitrogens with one attached hydrogen (secondary N) is 1. The van der Waals surface area contributed by atoms with Crippen molar-refractivity contribution in [3.05, 3.63) is 111 Å². The Hall–Kier alpha value is -3.79. The highest BCUT2D eigenvalue weighted by molar-refractivity contribution is 6.30. The van der Waals surface area contributed by atoms with Crippen molar-refractivity contribution in [1.29, 1.82) is 0 Å². The van der Waals surface area contributed by atoms with Gasteiger partial charge in [0.25, 0.3) is 5.91 Å². The van der Waals surface area contributed by atoms with Crippen LogP contribution in [0.2, 0.25) is 10.0 Å². The molecule has 1 aromatic heterocycles. The molecule has 1 saturated heterocycles. The lowest BCUT2D eigenvalue weighted by atomic mass is 10.0. The molecule has 3 heterocycles. The van der Waals surface area contributed by atoms with Crippen molar-refractivity contribution in [3.63, 3.8) is 0 Å². The second kappa shape index (κ2) is 12.7. The Kier molecular flexibility index (Phi) is 8.71. The number of halogens is 5. The van der Waals surface area contributed by atoms with Crippen LogP contribution in [-0.4, -0.2) is 60.0 Å². The van der Waals surface area contributed by atoms with Gasteiger partial charge < -0.3 is 15.1 Å². The summed E-state index contributed by atoms with van der Waals surface area (Å²) in [6.07, 6.45) is -2.78. The van der Waals surface area contributed by atoms with Crippen LogP contribution in [0.4, 0.5) is 24.7 Å². The Morgan fingerprint density at radius 3 is 2.34 bits per heavy atom. The van der Waals surface area contributed by atoms with Gasteiger partial charge in [-0.15, -0.1) is 0 Å². The molecule has 2 aliphatic rings. The van der Waals surface area contributed by atoms with E-state index in [1.807, 2.05) is 64.4 Å². The molecule has 0 unspecified atom stereocenters. The molecular weight excluding hydrogens is 610 g/mol. The van der Waals surface area contributed by atoms with Crippen molar-refractivity contribution < 1.29 is 18.0 Å². The average molecular weight is 641 g/mol. The minimum atomic E-state index is -4.49. The van der Waals surface area contributed by atoms with Gasteiger partial charge in [-0.2, -0.15) is 13.2 Å². The van der Waals surface area contributed by atoms with Crippen molar-refractivity contribution in [2.24, 2.45) is 0 Å². The van der Waals surface area contributed by atoms with Crippen molar-refractivity contribution in [1.82, 2.24) is 14.8 Å². The third-order valence-electron chi connectivity index (χ3n) is 8.04. The second-order valence-corrected chi connectivity index (χ2v) is 11.9. The fourth-order valence-corrected chi connectivity index (χ4v) is 6.05. The maximum atomic E-state index is 13.7. The number of piperazine rings is 1. The van der Waals surface area contributed by atoms with Crippen LogP contribution in [0.5, 0.6) is 0 Å². The normalized spacial score (nSPS) is 15.6. The number of hydrogen-bond acceptors (Lipinski definition) is 5. The summed E-state index contributed by atoms with van der Waals surface area (Å²) in [5.74, 6) is 0.562. The lowest BCUT2D eigenvalue weighted by Gasteiger charge is -2.35. The van der Waals surface area contributed by atoms with Crippen LogP contribution < -0.4 is 10.2 Å². The van der Waals surface area contributed by atoms with E-state index >= 15 is 0 Å². The third-order valence-corrected chi connectivity index (χ3v) is 8.53. The minimum Gasteiger partial charge on any atom is -0.367 e. The number of rotatable bonds is 6. The van der Waals surface area contributed by atoms with Crippen molar-refractivity contribution in [2.75, 3.05) is 49.5 Å². The first kappa shape index (κ1) is 30.2. The highest BCUT2D eigenvalue weighted by Gasteiger charge is 2.34. The number of amides is 1. The highest BCUT2D eigenvalue weighted by Crippen LogP contribution is 2.37. The number of alkyl halides is 3. The number of carbonyl (C=O) groups excluding carboxylic acids is 1. The van der Waals surface area contributed by atoms with Crippen LogP contribution in [0, 0.1) is 0 Å². The van der Waals surface area contributed by atoms with E-state index in [2.05, 4.69) is 15.2 Å². The van der Waals surface area contributed by atoms with E-state index in [1.54, 1.807) is 6.20 Å². The Morgan fingerprint density at radius 2 is 1.59 bits per heavy atom. The number of benzene rings is 3. The largest absolute Gasteiger partial charge is 0.416 e. The highest BCUT2D eigenvalue weighted by atomic mass is 35.5. The summed E-state index contributed by atoms with van der Waals surface area (Å²) >= 11 is 12.1. The first-order valence-electron chi connectivity index (χ1n) is 14.3. The molecule has 0 bridgehead atoms. The van der Waals surface area contributed by atoms with Crippen LogP contribution in [0.25, 0.3) is 11.1 Å². The molecule has 4 aromatic rings. The molecule has 0 saturated carbocycles. The fraction of sp³-hybridized carbons (Fsp3) is 0.273. The molecule has 228 valence electrons. The second-order valence-electron chi connectivity index (χ2n) is 11.0. The van der Waals surface area contributed by atoms with E-state index in [0.717, 1.165) is 36.8 Å². The summed E-state index contributed by atoms with van der Waals surface area (Å²) in [7, 11) is 0. The Labute approximate surface area is 264 Å². The van der Waals surface area contributed by atoms with Crippen LogP contribution in [0.1, 0.15) is 27.0 Å². The van der Waals surface area contributed by atoms with E-state index in [4.69, 9.17) is 23.2 Å². The van der Waals surface area contributed by atoms with Gasteiger partial charge in [0.1, 0.15) is 5.82 Å². The molecule has 6 rings (SSSR count). The van der Waals surface area contributed by atoms with E-state index in [1.165, 1.54) is 17.7 Å². The maximum Gasteiger partial charge on any atom is 0.416 e. The first-order chi connectivity index (χ1) is 21.1. The predicted octanol–water partition coefficient (Wildman–Crippen LogP) is 7.46. The summed E-state index contributed by atoms with van der Waals surface area (Å²) in [5, 5.41) is 4.20. The van der Waals surface area contributed by atoms with Gasteiger partial charge in [-0.3, -0.25) is 9.69 Å². The van der Waals surface area contributed by atoms with Gasteiger partial charge in [-0.1, -0.05) is 47.5 Å². The zero-order valence-electron chi connectivity index (χ0n) is 23.7. The summed E-state index contributed by atoms with van der Waals surface area (Å²) in [4.78, 5) is 24.1. The molecule has 2 aliphatic heterocycles. The summed E-state index contributed by atoms with van der Waals surface area (Å²) in [5.41, 5.74) is 3.42. The molecule has 1 N–H and O–H groups in total. The van der Waals surface area contributed by atoms with Crippen molar-refractivity contribution in [2.45, 2.75) is 19.3 Å². The number of pyridine rings is 1. The van der Waals surface area contributed by atoms with Gasteiger partial charge in [-0.05, 0) is 65.2 Å². The monoisotopic (exact) mass is 639 g/mol. The number of aromatic nitrogens is 1. The smallest absolute Gasteiger partial charge is 0.367 e. The molecule has 0 atom stereocenters. The molecule has 11 heteroatoms. The molecular formula is C33H30Cl2F3N5O. The first-order valence-corrected chi connectivity index (χ1v) is 15.1. The SMILES string of the molecule is O=C(c1cccc(-c2cnc3c(c2)N(Cc2cc(Cl)ccc2C(F)(F)F)CCN3)c1)N1CCN(Cc2ccc(Cl)cc2)CC1. The van der Waals surface area contributed by atoms with Gasteiger partial charge in [-0.25, -0.2) is 4.98 Å². The summed E-state index contributed by atoms with van der Waals surface area (Å²) in [6.45, 7) is 4.66. The van der Waals surface area contributed by atoms with E-state index in [9.17, 15) is 18.0 Å². The van der Waals surface area contributed by atoms with Gasteiger partial charge in [0, 0.05) is 79.7 Å². The standard InChI is InChI=1S/C33H30Cl2F3N5O/c34-27-6-4-22(5-7-27)20-41-12-14-42(15-13-41)32(44)24-3-1-2-23(16-24)25-18-30-31(40-19-25)39-10-11-43(30)21-26-17-28(35)8-9-29(26)33(36,37)38/h1-9,16-19H,10-15,20-21H2,(H,39,40).